The van der Waals surface area contributed by atoms with Gasteiger partial charge in [0.2, 0.25) is 0 Å². The lowest BCUT2D eigenvalue weighted by Crippen LogP contribution is -2.01. The number of ether oxygens (including phenoxy) is 2. The van der Waals surface area contributed by atoms with Crippen LogP contribution >= 0.6 is 15.9 Å². The summed E-state index contributed by atoms with van der Waals surface area (Å²) in [7, 11) is 1.53. The number of carbonyl (C=O) groups excluding carboxylic acids is 1. The third-order valence-corrected chi connectivity index (χ3v) is 2.62. The molecule has 1 aromatic carbocycles. The molecule has 0 bridgehead atoms. The number of carbonyl (C=O) groups is 1. The number of hydrogen-bond acceptors (Lipinski definition) is 3. The highest BCUT2D eigenvalue weighted by atomic mass is 79.9. The Morgan fingerprint density at radius 2 is 2.06 bits per heavy atom. The predicted octanol–water partition coefficient (Wildman–Crippen LogP) is 3.45. The molecule has 0 atom stereocenters. The van der Waals surface area contributed by atoms with Gasteiger partial charge in [0, 0.05) is 4.47 Å². The highest BCUT2D eigenvalue weighted by molar-refractivity contribution is 9.10. The first-order valence-electron chi connectivity index (χ1n) is 5.18. The summed E-state index contributed by atoms with van der Waals surface area (Å²) in [4.78, 5) is 11.0. The molecule has 0 spiro atoms. The molecule has 0 aromatic heterocycles. The van der Waals surface area contributed by atoms with Crippen LogP contribution in [0.1, 0.15) is 30.1 Å². The molecule has 0 saturated heterocycles. The standard InChI is InChI=1S/C12H15BrO3/c1-3-4-5-16-12-7-9(13)6-11(15-2)10(12)8-14/h6-8H,3-5H2,1-2H3. The van der Waals surface area contributed by atoms with Crippen LogP contribution < -0.4 is 9.47 Å². The highest BCUT2D eigenvalue weighted by Crippen LogP contribution is 2.31. The van der Waals surface area contributed by atoms with Gasteiger partial charge in [-0.2, -0.15) is 0 Å². The number of aldehydes is 1. The van der Waals surface area contributed by atoms with Crippen LogP contribution in [0.25, 0.3) is 0 Å². The molecular formula is C12H15BrO3. The van der Waals surface area contributed by atoms with E-state index in [-0.39, 0.29) is 0 Å². The first kappa shape index (κ1) is 13.0. The van der Waals surface area contributed by atoms with Crippen molar-refractivity contribution in [2.75, 3.05) is 13.7 Å². The second kappa shape index (κ2) is 6.53. The van der Waals surface area contributed by atoms with E-state index < -0.39 is 0 Å². The molecular weight excluding hydrogens is 272 g/mol. The Balaban J connectivity index is 2.95. The van der Waals surface area contributed by atoms with E-state index in [1.807, 2.05) is 0 Å². The van der Waals surface area contributed by atoms with Crippen LogP contribution in [0.4, 0.5) is 0 Å². The fourth-order valence-electron chi connectivity index (χ4n) is 1.30. The average molecular weight is 287 g/mol. The minimum Gasteiger partial charge on any atom is -0.496 e. The van der Waals surface area contributed by atoms with Gasteiger partial charge < -0.3 is 9.47 Å². The second-order valence-electron chi connectivity index (χ2n) is 3.34. The lowest BCUT2D eigenvalue weighted by atomic mass is 10.2. The van der Waals surface area contributed by atoms with Gasteiger partial charge in [-0.25, -0.2) is 0 Å². The van der Waals surface area contributed by atoms with Gasteiger partial charge in [-0.3, -0.25) is 4.79 Å². The third-order valence-electron chi connectivity index (χ3n) is 2.16. The van der Waals surface area contributed by atoms with E-state index >= 15 is 0 Å². The summed E-state index contributed by atoms with van der Waals surface area (Å²) in [6, 6.07) is 3.53. The number of methoxy groups -OCH3 is 1. The fraction of sp³-hybridized carbons (Fsp3) is 0.417. The summed E-state index contributed by atoms with van der Waals surface area (Å²) in [5.74, 6) is 1.09. The Labute approximate surface area is 104 Å². The van der Waals surface area contributed by atoms with E-state index in [2.05, 4.69) is 22.9 Å². The van der Waals surface area contributed by atoms with Crippen molar-refractivity contribution in [3.63, 3.8) is 0 Å². The predicted molar refractivity (Wildman–Crippen MR) is 66.5 cm³/mol. The lowest BCUT2D eigenvalue weighted by Gasteiger charge is -2.11. The first-order chi connectivity index (χ1) is 7.72. The SMILES string of the molecule is CCCCOc1cc(Br)cc(OC)c1C=O. The summed E-state index contributed by atoms with van der Waals surface area (Å²) in [6.45, 7) is 2.70. The summed E-state index contributed by atoms with van der Waals surface area (Å²) < 4.78 is 11.5. The molecule has 0 aliphatic heterocycles. The second-order valence-corrected chi connectivity index (χ2v) is 4.26. The molecule has 1 aromatic rings. The quantitative estimate of drug-likeness (QED) is 0.594. The first-order valence-corrected chi connectivity index (χ1v) is 5.97. The van der Waals surface area contributed by atoms with Crippen molar-refractivity contribution >= 4 is 22.2 Å². The van der Waals surface area contributed by atoms with Crippen molar-refractivity contribution in [3.8, 4) is 11.5 Å². The van der Waals surface area contributed by atoms with E-state index in [1.165, 1.54) is 7.11 Å². The maximum atomic E-state index is 11.0. The Morgan fingerprint density at radius 1 is 1.38 bits per heavy atom. The highest BCUT2D eigenvalue weighted by Gasteiger charge is 2.11. The van der Waals surface area contributed by atoms with E-state index in [9.17, 15) is 4.79 Å². The molecule has 0 fully saturated rings. The van der Waals surface area contributed by atoms with Crippen LogP contribution in [0.15, 0.2) is 16.6 Å². The van der Waals surface area contributed by atoms with Gasteiger partial charge >= 0.3 is 0 Å². The van der Waals surface area contributed by atoms with Crippen LogP contribution in [0.3, 0.4) is 0 Å². The minimum atomic E-state index is 0.460. The van der Waals surface area contributed by atoms with Crippen molar-refractivity contribution < 1.29 is 14.3 Å². The van der Waals surface area contributed by atoms with Crippen LogP contribution in [-0.4, -0.2) is 20.0 Å². The Morgan fingerprint density at radius 3 is 2.62 bits per heavy atom. The van der Waals surface area contributed by atoms with E-state index in [0.717, 1.165) is 23.6 Å². The Hall–Kier alpha value is -1.03. The largest absolute Gasteiger partial charge is 0.496 e. The molecule has 88 valence electrons. The van der Waals surface area contributed by atoms with Gasteiger partial charge in [-0.05, 0) is 18.6 Å². The minimum absolute atomic E-state index is 0.460. The molecule has 0 aliphatic carbocycles. The van der Waals surface area contributed by atoms with Crippen molar-refractivity contribution in [1.29, 1.82) is 0 Å². The topological polar surface area (TPSA) is 35.5 Å². The maximum Gasteiger partial charge on any atom is 0.157 e. The molecule has 0 heterocycles. The van der Waals surface area contributed by atoms with Gasteiger partial charge in [0.25, 0.3) is 0 Å². The number of hydrogen-bond donors (Lipinski definition) is 0. The summed E-state index contributed by atoms with van der Waals surface area (Å²) in [5.41, 5.74) is 0.460. The molecule has 3 nitrogen and oxygen atoms in total. The van der Waals surface area contributed by atoms with Crippen LogP contribution in [0, 0.1) is 0 Å². The van der Waals surface area contributed by atoms with Gasteiger partial charge in [0.1, 0.15) is 11.5 Å². The van der Waals surface area contributed by atoms with Gasteiger partial charge in [-0.1, -0.05) is 29.3 Å². The lowest BCUT2D eigenvalue weighted by molar-refractivity contribution is 0.111. The molecule has 0 radical (unpaired) electrons. The third kappa shape index (κ3) is 3.23. The molecule has 4 heteroatoms. The van der Waals surface area contributed by atoms with Crippen molar-refractivity contribution in [3.05, 3.63) is 22.2 Å². The van der Waals surface area contributed by atoms with E-state index in [0.29, 0.717) is 23.7 Å². The molecule has 0 N–H and O–H groups in total. The summed E-state index contributed by atoms with van der Waals surface area (Å²) in [6.07, 6.45) is 2.78. The number of unbranched alkanes of at least 4 members (excludes halogenated alkanes) is 1. The molecule has 0 unspecified atom stereocenters. The summed E-state index contributed by atoms with van der Waals surface area (Å²) in [5, 5.41) is 0. The molecule has 16 heavy (non-hydrogen) atoms. The van der Waals surface area contributed by atoms with Gasteiger partial charge in [0.05, 0.1) is 19.3 Å². The zero-order chi connectivity index (χ0) is 12.0. The molecule has 0 amide bonds. The zero-order valence-electron chi connectivity index (χ0n) is 9.46. The Kier molecular flexibility index (Phi) is 5.32. The van der Waals surface area contributed by atoms with Crippen molar-refractivity contribution in [2.45, 2.75) is 19.8 Å². The number of benzene rings is 1. The zero-order valence-corrected chi connectivity index (χ0v) is 11.0. The van der Waals surface area contributed by atoms with E-state index in [1.54, 1.807) is 12.1 Å². The smallest absolute Gasteiger partial charge is 0.157 e. The number of halogens is 1. The normalized spacial score (nSPS) is 9.94. The van der Waals surface area contributed by atoms with Crippen molar-refractivity contribution in [2.24, 2.45) is 0 Å². The summed E-state index contributed by atoms with van der Waals surface area (Å²) >= 11 is 3.35. The molecule has 1 rings (SSSR count). The van der Waals surface area contributed by atoms with Gasteiger partial charge in [-0.15, -0.1) is 0 Å². The molecule has 0 aliphatic rings. The molecule has 0 saturated carbocycles. The monoisotopic (exact) mass is 286 g/mol. The van der Waals surface area contributed by atoms with Crippen molar-refractivity contribution in [1.82, 2.24) is 0 Å². The van der Waals surface area contributed by atoms with Crippen LogP contribution in [0.5, 0.6) is 11.5 Å². The average Bonchev–Trinajstić information content (AvgIpc) is 2.28. The Bertz CT molecular complexity index is 364. The maximum absolute atomic E-state index is 11.0. The van der Waals surface area contributed by atoms with Crippen LogP contribution in [0.2, 0.25) is 0 Å². The van der Waals surface area contributed by atoms with Gasteiger partial charge in [0.15, 0.2) is 6.29 Å². The van der Waals surface area contributed by atoms with E-state index in [4.69, 9.17) is 9.47 Å². The van der Waals surface area contributed by atoms with Crippen LogP contribution in [-0.2, 0) is 0 Å². The fourth-order valence-corrected chi connectivity index (χ4v) is 1.72. The number of rotatable bonds is 6.